The SMILES string of the molecule is COc1cc2c(cc1OC)C1CC(C)[C@@H](CC(C)C)CN1CC2. The van der Waals surface area contributed by atoms with Crippen LogP contribution in [-0.2, 0) is 6.42 Å². The molecule has 0 N–H and O–H groups in total. The Balaban J connectivity index is 1.87. The summed E-state index contributed by atoms with van der Waals surface area (Å²) in [5.74, 6) is 4.15. The van der Waals surface area contributed by atoms with Crippen LogP contribution in [0.4, 0.5) is 0 Å². The molecule has 1 aromatic carbocycles. The van der Waals surface area contributed by atoms with E-state index in [0.29, 0.717) is 6.04 Å². The van der Waals surface area contributed by atoms with Gasteiger partial charge in [0.15, 0.2) is 11.5 Å². The lowest BCUT2D eigenvalue weighted by Crippen LogP contribution is -2.45. The van der Waals surface area contributed by atoms with Crippen molar-refractivity contribution in [1.29, 1.82) is 0 Å². The van der Waals surface area contributed by atoms with Gasteiger partial charge in [-0.3, -0.25) is 4.90 Å². The van der Waals surface area contributed by atoms with E-state index in [-0.39, 0.29) is 0 Å². The zero-order valence-corrected chi connectivity index (χ0v) is 15.3. The topological polar surface area (TPSA) is 21.7 Å². The minimum atomic E-state index is 0.553. The smallest absolute Gasteiger partial charge is 0.161 e. The minimum Gasteiger partial charge on any atom is -0.493 e. The number of fused-ring (bicyclic) bond motifs is 3. The quantitative estimate of drug-likeness (QED) is 0.826. The van der Waals surface area contributed by atoms with Gasteiger partial charge in [-0.25, -0.2) is 0 Å². The van der Waals surface area contributed by atoms with E-state index in [0.717, 1.165) is 35.7 Å². The molecule has 128 valence electrons. The predicted molar refractivity (Wildman–Crippen MR) is 94.3 cm³/mol. The highest BCUT2D eigenvalue weighted by atomic mass is 16.5. The number of hydrogen-bond acceptors (Lipinski definition) is 3. The van der Waals surface area contributed by atoms with Crippen LogP contribution in [0.25, 0.3) is 0 Å². The zero-order valence-electron chi connectivity index (χ0n) is 15.3. The molecule has 0 amide bonds. The molecule has 2 heterocycles. The Morgan fingerprint density at radius 3 is 2.52 bits per heavy atom. The van der Waals surface area contributed by atoms with Crippen LogP contribution in [-0.4, -0.2) is 32.2 Å². The van der Waals surface area contributed by atoms with Crippen molar-refractivity contribution in [1.82, 2.24) is 4.90 Å². The number of methoxy groups -OCH3 is 2. The summed E-state index contributed by atoms with van der Waals surface area (Å²) >= 11 is 0. The summed E-state index contributed by atoms with van der Waals surface area (Å²) in [6, 6.07) is 4.97. The molecule has 0 aliphatic carbocycles. The lowest BCUT2D eigenvalue weighted by atomic mass is 9.75. The molecular formula is C20H31NO2. The largest absolute Gasteiger partial charge is 0.493 e. The van der Waals surface area contributed by atoms with Crippen LogP contribution in [0.3, 0.4) is 0 Å². The number of hydrogen-bond donors (Lipinski definition) is 0. The Bertz CT molecular complexity index is 555. The second-order valence-electron chi connectivity index (χ2n) is 7.77. The molecule has 0 bridgehead atoms. The summed E-state index contributed by atoms with van der Waals surface area (Å²) in [4.78, 5) is 2.71. The van der Waals surface area contributed by atoms with E-state index < -0.39 is 0 Å². The second kappa shape index (κ2) is 6.72. The molecule has 3 rings (SSSR count). The third kappa shape index (κ3) is 3.21. The molecule has 3 heteroatoms. The number of benzene rings is 1. The van der Waals surface area contributed by atoms with Crippen molar-refractivity contribution in [3.05, 3.63) is 23.3 Å². The molecule has 0 radical (unpaired) electrons. The Labute approximate surface area is 141 Å². The maximum atomic E-state index is 5.54. The molecule has 1 fully saturated rings. The van der Waals surface area contributed by atoms with E-state index in [4.69, 9.17) is 9.47 Å². The first kappa shape index (κ1) is 16.6. The molecule has 2 aliphatic rings. The first-order chi connectivity index (χ1) is 11.0. The summed E-state index contributed by atoms with van der Waals surface area (Å²) in [5, 5.41) is 0. The van der Waals surface area contributed by atoms with Gasteiger partial charge in [-0.15, -0.1) is 0 Å². The summed E-state index contributed by atoms with van der Waals surface area (Å²) in [6.07, 6.45) is 3.73. The highest BCUT2D eigenvalue weighted by Gasteiger charge is 2.37. The Hall–Kier alpha value is -1.22. The second-order valence-corrected chi connectivity index (χ2v) is 7.77. The first-order valence-corrected chi connectivity index (χ1v) is 9.02. The molecule has 1 saturated heterocycles. The van der Waals surface area contributed by atoms with Crippen LogP contribution in [0.15, 0.2) is 12.1 Å². The predicted octanol–water partition coefficient (Wildman–Crippen LogP) is 4.31. The van der Waals surface area contributed by atoms with Gasteiger partial charge < -0.3 is 9.47 Å². The van der Waals surface area contributed by atoms with Crippen molar-refractivity contribution in [2.75, 3.05) is 27.3 Å². The van der Waals surface area contributed by atoms with Crippen LogP contribution >= 0.6 is 0 Å². The lowest BCUT2D eigenvalue weighted by Gasteiger charge is -2.47. The third-order valence-electron chi connectivity index (χ3n) is 5.76. The molecular weight excluding hydrogens is 286 g/mol. The van der Waals surface area contributed by atoms with Crippen LogP contribution < -0.4 is 9.47 Å². The summed E-state index contributed by atoms with van der Waals surface area (Å²) in [7, 11) is 3.45. The summed E-state index contributed by atoms with van der Waals surface area (Å²) in [6.45, 7) is 9.56. The standard InChI is InChI=1S/C20H31NO2/c1-13(2)8-16-12-21-7-6-15-10-19(22-4)20(23-5)11-17(15)18(21)9-14(16)3/h10-11,13-14,16,18H,6-9,12H2,1-5H3/t14?,16-,18?/m0/s1. The van der Waals surface area contributed by atoms with Gasteiger partial charge in [0.2, 0.25) is 0 Å². The number of nitrogens with zero attached hydrogens (tertiary/aromatic N) is 1. The van der Waals surface area contributed by atoms with Gasteiger partial charge in [0, 0.05) is 19.1 Å². The van der Waals surface area contributed by atoms with Gasteiger partial charge in [-0.05, 0) is 60.3 Å². The van der Waals surface area contributed by atoms with E-state index in [9.17, 15) is 0 Å². The van der Waals surface area contributed by atoms with Gasteiger partial charge >= 0.3 is 0 Å². The Morgan fingerprint density at radius 2 is 1.87 bits per heavy atom. The molecule has 3 nitrogen and oxygen atoms in total. The van der Waals surface area contributed by atoms with Crippen LogP contribution in [0.1, 0.15) is 50.8 Å². The van der Waals surface area contributed by atoms with Gasteiger partial charge in [0.1, 0.15) is 0 Å². The number of ether oxygens (including phenoxy) is 2. The fourth-order valence-corrected chi connectivity index (χ4v) is 4.51. The number of rotatable bonds is 4. The number of piperidine rings is 1. The first-order valence-electron chi connectivity index (χ1n) is 9.02. The van der Waals surface area contributed by atoms with Crippen molar-refractivity contribution in [2.45, 2.75) is 46.1 Å². The van der Waals surface area contributed by atoms with Crippen molar-refractivity contribution in [3.63, 3.8) is 0 Å². The van der Waals surface area contributed by atoms with Crippen LogP contribution in [0.2, 0.25) is 0 Å². The lowest BCUT2D eigenvalue weighted by molar-refractivity contribution is 0.0515. The van der Waals surface area contributed by atoms with Gasteiger partial charge in [0.05, 0.1) is 14.2 Å². The maximum Gasteiger partial charge on any atom is 0.161 e. The minimum absolute atomic E-state index is 0.553. The van der Waals surface area contributed by atoms with E-state index in [1.165, 1.54) is 37.1 Å². The Kier molecular flexibility index (Phi) is 4.86. The highest BCUT2D eigenvalue weighted by molar-refractivity contribution is 5.49. The van der Waals surface area contributed by atoms with Gasteiger partial charge in [0.25, 0.3) is 0 Å². The van der Waals surface area contributed by atoms with E-state index in [1.54, 1.807) is 14.2 Å². The fourth-order valence-electron chi connectivity index (χ4n) is 4.51. The molecule has 0 saturated carbocycles. The highest BCUT2D eigenvalue weighted by Crippen LogP contribution is 2.45. The van der Waals surface area contributed by atoms with Gasteiger partial charge in [-0.2, -0.15) is 0 Å². The van der Waals surface area contributed by atoms with Crippen molar-refractivity contribution < 1.29 is 9.47 Å². The molecule has 1 aromatic rings. The van der Waals surface area contributed by atoms with Gasteiger partial charge in [-0.1, -0.05) is 20.8 Å². The average Bonchev–Trinajstić information content (AvgIpc) is 2.53. The van der Waals surface area contributed by atoms with E-state index in [2.05, 4.69) is 37.8 Å². The van der Waals surface area contributed by atoms with Crippen molar-refractivity contribution in [2.24, 2.45) is 17.8 Å². The summed E-state index contributed by atoms with van der Waals surface area (Å²) in [5.41, 5.74) is 2.90. The van der Waals surface area contributed by atoms with E-state index in [1.807, 2.05) is 0 Å². The molecule has 2 aliphatic heterocycles. The molecule has 0 spiro atoms. The van der Waals surface area contributed by atoms with Crippen molar-refractivity contribution >= 4 is 0 Å². The van der Waals surface area contributed by atoms with Crippen LogP contribution in [0, 0.1) is 17.8 Å². The maximum absolute atomic E-state index is 5.54. The average molecular weight is 317 g/mol. The fraction of sp³-hybridized carbons (Fsp3) is 0.700. The molecule has 23 heavy (non-hydrogen) atoms. The third-order valence-corrected chi connectivity index (χ3v) is 5.76. The Morgan fingerprint density at radius 1 is 1.17 bits per heavy atom. The zero-order chi connectivity index (χ0) is 16.6. The molecule has 0 aromatic heterocycles. The molecule has 2 unspecified atom stereocenters. The van der Waals surface area contributed by atoms with Crippen LogP contribution in [0.5, 0.6) is 11.5 Å². The normalized spacial score (nSPS) is 27.5. The molecule has 3 atom stereocenters. The van der Waals surface area contributed by atoms with E-state index >= 15 is 0 Å². The summed E-state index contributed by atoms with van der Waals surface area (Å²) < 4.78 is 11.0. The monoisotopic (exact) mass is 317 g/mol. The van der Waals surface area contributed by atoms with Crippen molar-refractivity contribution in [3.8, 4) is 11.5 Å².